The number of hydrogen-bond acceptors (Lipinski definition) is 6. The van der Waals surface area contributed by atoms with Crippen LogP contribution in [0.3, 0.4) is 0 Å². The molecule has 3 amide bonds. The van der Waals surface area contributed by atoms with Gasteiger partial charge in [-0.15, -0.1) is 0 Å². The molecule has 0 spiro atoms. The number of methoxy groups -OCH3 is 1. The topological polar surface area (TPSA) is 114 Å². The van der Waals surface area contributed by atoms with Gasteiger partial charge in [0.15, 0.2) is 0 Å². The molecule has 2 aliphatic heterocycles. The third kappa shape index (κ3) is 6.46. The Bertz CT molecular complexity index is 1040. The number of halogens is 1. The van der Waals surface area contributed by atoms with Crippen LogP contribution in [0.5, 0.6) is 0 Å². The lowest BCUT2D eigenvalue weighted by Gasteiger charge is -2.36. The smallest absolute Gasteiger partial charge is 0.411 e. The number of amides is 3. The van der Waals surface area contributed by atoms with Crippen LogP contribution in [0.2, 0.25) is 0 Å². The number of piperidine rings is 1. The molecular weight excluding hydrogens is 491 g/mol. The van der Waals surface area contributed by atoms with E-state index in [0.29, 0.717) is 12.2 Å². The second-order valence-corrected chi connectivity index (χ2v) is 11.9. The summed E-state index contributed by atoms with van der Waals surface area (Å²) < 4.78 is 25.9. The quantitative estimate of drug-likeness (QED) is 0.505. The van der Waals surface area contributed by atoms with Crippen LogP contribution in [0.1, 0.15) is 63.5 Å². The first-order chi connectivity index (χ1) is 18.0. The molecule has 3 aliphatic rings. The number of hydrogen-bond donors (Lipinski definition) is 2. The van der Waals surface area contributed by atoms with Gasteiger partial charge in [-0.2, -0.15) is 0 Å². The van der Waals surface area contributed by atoms with E-state index in [4.69, 9.17) is 15.2 Å². The summed E-state index contributed by atoms with van der Waals surface area (Å²) in [5.41, 5.74) is 6.16. The molecule has 0 radical (unpaired) electrons. The molecule has 3 fully saturated rings. The van der Waals surface area contributed by atoms with Crippen molar-refractivity contribution in [3.8, 4) is 0 Å². The molecule has 210 valence electrons. The predicted octanol–water partition coefficient (Wildman–Crippen LogP) is 2.56. The van der Waals surface area contributed by atoms with Gasteiger partial charge in [-0.25, -0.2) is 9.18 Å². The monoisotopic (exact) mass is 532 g/mol. The van der Waals surface area contributed by atoms with Crippen molar-refractivity contribution < 1.29 is 28.2 Å². The first-order valence-electron chi connectivity index (χ1n) is 13.6. The van der Waals surface area contributed by atoms with E-state index in [1.165, 1.54) is 11.0 Å². The molecule has 2 bridgehead atoms. The lowest BCUT2D eigenvalue weighted by Crippen LogP contribution is -2.57. The maximum Gasteiger partial charge on any atom is 0.411 e. The summed E-state index contributed by atoms with van der Waals surface area (Å²) in [4.78, 5) is 42.4. The number of nitrogens with zero attached hydrogens (tertiary/aromatic N) is 2. The summed E-state index contributed by atoms with van der Waals surface area (Å²) in [5.74, 6) is -1.40. The van der Waals surface area contributed by atoms with Crippen LogP contribution in [0.4, 0.5) is 9.18 Å². The van der Waals surface area contributed by atoms with Gasteiger partial charge in [-0.1, -0.05) is 12.1 Å². The number of primary amides is 1. The molecule has 1 aliphatic carbocycles. The van der Waals surface area contributed by atoms with Gasteiger partial charge in [0, 0.05) is 32.7 Å². The van der Waals surface area contributed by atoms with Crippen LogP contribution < -0.4 is 11.1 Å². The van der Waals surface area contributed by atoms with Gasteiger partial charge in [0.2, 0.25) is 11.8 Å². The molecule has 9 nitrogen and oxygen atoms in total. The maximum absolute atomic E-state index is 15.1. The Labute approximate surface area is 224 Å². The Morgan fingerprint density at radius 1 is 1.21 bits per heavy atom. The fourth-order valence-corrected chi connectivity index (χ4v) is 6.11. The summed E-state index contributed by atoms with van der Waals surface area (Å²) >= 11 is 0. The summed E-state index contributed by atoms with van der Waals surface area (Å²) in [5, 5.41) is 2.71. The molecular formula is C28H41FN4O5. The van der Waals surface area contributed by atoms with E-state index in [9.17, 15) is 14.4 Å². The van der Waals surface area contributed by atoms with Crippen molar-refractivity contribution in [2.24, 2.45) is 11.7 Å². The minimum absolute atomic E-state index is 0.00747. The summed E-state index contributed by atoms with van der Waals surface area (Å²) in [7, 11) is 1.68. The molecule has 1 unspecified atom stereocenters. The van der Waals surface area contributed by atoms with E-state index in [1.807, 2.05) is 6.07 Å². The zero-order valence-corrected chi connectivity index (χ0v) is 22.9. The molecule has 2 heterocycles. The summed E-state index contributed by atoms with van der Waals surface area (Å²) in [6.07, 6.45) is 2.71. The van der Waals surface area contributed by atoms with Crippen LogP contribution >= 0.6 is 0 Å². The van der Waals surface area contributed by atoms with Gasteiger partial charge < -0.3 is 25.4 Å². The molecule has 1 saturated carbocycles. The molecule has 0 aromatic heterocycles. The second-order valence-electron chi connectivity index (χ2n) is 11.9. The lowest BCUT2D eigenvalue weighted by molar-refractivity contribution is -0.132. The number of carbonyl (C=O) groups excluding carboxylic acids is 3. The maximum atomic E-state index is 15.1. The minimum Gasteiger partial charge on any atom is -0.444 e. The standard InChI is InChI=1S/C28H41FN4O5/c1-28(2,3)38-27(36)33-21-8-7-19(13-21)24(33)26(35)31-23(25(30)34)15-18-6-5-17(14-22(18)29)20-9-10-32(16-20)11-12-37-4/h5-6,14,19-21,23-24H,7-13,15-16H2,1-4H3,(H2,30,34)(H,31,35)/t19-,20?,21+,23-,24-/m0/s1. The SMILES string of the molecule is COCCN1CCC(c2ccc(C[C@H](NC(=O)[C@@H]3[C@H]4CC[C@H](C4)N3C(=O)OC(C)(C)C)C(N)=O)c(F)c2)C1. The lowest BCUT2D eigenvalue weighted by atomic mass is 9.94. The number of fused-ring (bicyclic) bond motifs is 2. The molecule has 4 rings (SSSR count). The Morgan fingerprint density at radius 2 is 1.97 bits per heavy atom. The van der Waals surface area contributed by atoms with Crippen LogP contribution in [-0.4, -0.2) is 84.8 Å². The fourth-order valence-electron chi connectivity index (χ4n) is 6.11. The van der Waals surface area contributed by atoms with Gasteiger partial charge >= 0.3 is 6.09 Å². The Hall–Kier alpha value is -2.72. The van der Waals surface area contributed by atoms with Crippen molar-refractivity contribution in [2.45, 2.75) is 82.5 Å². The molecule has 5 atom stereocenters. The zero-order valence-electron chi connectivity index (χ0n) is 22.9. The first kappa shape index (κ1) is 28.3. The Morgan fingerprint density at radius 3 is 2.63 bits per heavy atom. The Balaban J connectivity index is 1.42. The van der Waals surface area contributed by atoms with E-state index in [1.54, 1.807) is 33.9 Å². The van der Waals surface area contributed by atoms with Crippen LogP contribution in [-0.2, 0) is 25.5 Å². The molecule has 10 heteroatoms. The highest BCUT2D eigenvalue weighted by Crippen LogP contribution is 2.43. The van der Waals surface area contributed by atoms with Crippen molar-refractivity contribution in [1.29, 1.82) is 0 Å². The van der Waals surface area contributed by atoms with Crippen LogP contribution in [0, 0.1) is 11.7 Å². The van der Waals surface area contributed by atoms with Crippen molar-refractivity contribution in [2.75, 3.05) is 33.4 Å². The third-order valence-corrected chi connectivity index (χ3v) is 7.97. The Kier molecular flexibility index (Phi) is 8.62. The van der Waals surface area contributed by atoms with E-state index in [2.05, 4.69) is 10.2 Å². The number of benzene rings is 1. The van der Waals surface area contributed by atoms with E-state index in [0.717, 1.165) is 50.9 Å². The average Bonchev–Trinajstić information content (AvgIpc) is 3.58. The average molecular weight is 533 g/mol. The van der Waals surface area contributed by atoms with E-state index >= 15 is 4.39 Å². The highest BCUT2D eigenvalue weighted by Gasteiger charge is 2.52. The van der Waals surface area contributed by atoms with Gasteiger partial charge in [0.1, 0.15) is 23.5 Å². The number of nitrogens with two attached hydrogens (primary N) is 1. The molecule has 38 heavy (non-hydrogen) atoms. The number of carbonyl (C=O) groups is 3. The van der Waals surface area contributed by atoms with Crippen molar-refractivity contribution in [3.05, 3.63) is 35.1 Å². The largest absolute Gasteiger partial charge is 0.444 e. The number of ether oxygens (including phenoxy) is 2. The molecule has 3 N–H and O–H groups in total. The van der Waals surface area contributed by atoms with E-state index in [-0.39, 0.29) is 24.3 Å². The fraction of sp³-hybridized carbons (Fsp3) is 0.679. The predicted molar refractivity (Wildman–Crippen MR) is 140 cm³/mol. The molecule has 1 aromatic carbocycles. The van der Waals surface area contributed by atoms with Crippen molar-refractivity contribution in [1.82, 2.24) is 15.1 Å². The van der Waals surface area contributed by atoms with Gasteiger partial charge in [0.05, 0.1) is 6.61 Å². The highest BCUT2D eigenvalue weighted by atomic mass is 19.1. The van der Waals surface area contributed by atoms with Crippen LogP contribution in [0.15, 0.2) is 18.2 Å². The second kappa shape index (κ2) is 11.6. The first-order valence-corrected chi connectivity index (χ1v) is 13.6. The van der Waals surface area contributed by atoms with Gasteiger partial charge in [0.25, 0.3) is 0 Å². The number of rotatable bonds is 9. The van der Waals surface area contributed by atoms with Crippen molar-refractivity contribution in [3.63, 3.8) is 0 Å². The molecule has 1 aromatic rings. The normalized spacial score (nSPS) is 26.0. The van der Waals surface area contributed by atoms with Gasteiger partial charge in [-0.05, 0) is 82.0 Å². The third-order valence-electron chi connectivity index (χ3n) is 7.97. The highest BCUT2D eigenvalue weighted by molar-refractivity contribution is 5.91. The minimum atomic E-state index is -1.10. The number of nitrogens with one attached hydrogen (secondary N) is 1. The summed E-state index contributed by atoms with van der Waals surface area (Å²) in [6, 6.07) is 3.20. The zero-order chi connectivity index (χ0) is 27.6. The molecule has 2 saturated heterocycles. The summed E-state index contributed by atoms with van der Waals surface area (Å²) in [6.45, 7) is 8.64. The van der Waals surface area contributed by atoms with E-state index < -0.39 is 41.4 Å². The van der Waals surface area contributed by atoms with Gasteiger partial charge in [-0.3, -0.25) is 14.5 Å². The number of likely N-dealkylation sites (tertiary alicyclic amines) is 2. The van der Waals surface area contributed by atoms with Crippen molar-refractivity contribution >= 4 is 17.9 Å². The van der Waals surface area contributed by atoms with Crippen LogP contribution in [0.25, 0.3) is 0 Å².